The van der Waals surface area contributed by atoms with Crippen molar-refractivity contribution in [3.8, 4) is 11.4 Å². The summed E-state index contributed by atoms with van der Waals surface area (Å²) in [4.78, 5) is 33.7. The summed E-state index contributed by atoms with van der Waals surface area (Å²) in [6.45, 7) is 3.84. The molecule has 0 aromatic carbocycles. The summed E-state index contributed by atoms with van der Waals surface area (Å²) in [6, 6.07) is 9.33. The van der Waals surface area contributed by atoms with Crippen LogP contribution < -0.4 is 11.1 Å². The number of carbonyl (C=O) groups excluding carboxylic acids is 1. The molecule has 3 aromatic heterocycles. The van der Waals surface area contributed by atoms with E-state index in [1.807, 2.05) is 44.4 Å². The van der Waals surface area contributed by atoms with Crippen molar-refractivity contribution in [3.63, 3.8) is 0 Å². The number of anilines is 2. The van der Waals surface area contributed by atoms with Crippen LogP contribution in [-0.4, -0.2) is 67.0 Å². The van der Waals surface area contributed by atoms with Crippen molar-refractivity contribution in [2.75, 3.05) is 25.5 Å². The second-order valence-corrected chi connectivity index (χ2v) is 8.77. The van der Waals surface area contributed by atoms with Crippen LogP contribution in [-0.2, 0) is 16.2 Å². The van der Waals surface area contributed by atoms with Gasteiger partial charge in [-0.1, -0.05) is 11.2 Å². The molecule has 0 bridgehead atoms. The highest BCUT2D eigenvalue weighted by atomic mass is 16.7. The van der Waals surface area contributed by atoms with Gasteiger partial charge in [-0.25, -0.2) is 15.0 Å². The molecule has 2 atom stereocenters. The highest BCUT2D eigenvalue weighted by molar-refractivity contribution is 6.01. The molecule has 2 aliphatic heterocycles. The molecule has 5 heterocycles. The molecule has 0 radical (unpaired) electrons. The molecule has 34 heavy (non-hydrogen) atoms. The van der Waals surface area contributed by atoms with Crippen LogP contribution in [0.2, 0.25) is 0 Å². The van der Waals surface area contributed by atoms with Crippen LogP contribution in [0.1, 0.15) is 25.5 Å². The molecule has 2 aliphatic rings. The van der Waals surface area contributed by atoms with Crippen LogP contribution in [0.5, 0.6) is 0 Å². The lowest BCUT2D eigenvalue weighted by Crippen LogP contribution is -2.40. The number of hydrogen-bond donors (Lipinski definition) is 2. The van der Waals surface area contributed by atoms with E-state index in [4.69, 9.17) is 15.6 Å². The van der Waals surface area contributed by atoms with E-state index in [-0.39, 0.29) is 11.8 Å². The number of nitrogens with one attached hydrogen (secondary N) is 1. The molecule has 11 heteroatoms. The van der Waals surface area contributed by atoms with Crippen molar-refractivity contribution in [2.24, 2.45) is 16.8 Å². The first kappa shape index (κ1) is 22.0. The molecule has 1 unspecified atom stereocenters. The van der Waals surface area contributed by atoms with Gasteiger partial charge in [-0.05, 0) is 31.5 Å². The summed E-state index contributed by atoms with van der Waals surface area (Å²) in [5, 5.41) is 11.8. The molecule has 3 aromatic rings. The normalized spacial score (nSPS) is 22.1. The molecule has 0 saturated carbocycles. The van der Waals surface area contributed by atoms with Gasteiger partial charge in [0.25, 0.3) is 0 Å². The Morgan fingerprint density at radius 3 is 2.82 bits per heavy atom. The fraction of sp³-hybridized carbons (Fsp3) is 0.391. The number of amides is 1. The summed E-state index contributed by atoms with van der Waals surface area (Å²) < 4.78 is 1.76. The van der Waals surface area contributed by atoms with Gasteiger partial charge in [0.2, 0.25) is 11.9 Å². The van der Waals surface area contributed by atoms with Crippen LogP contribution in [0, 0.1) is 5.92 Å². The smallest absolute Gasteiger partial charge is 0.229 e. The van der Waals surface area contributed by atoms with Crippen LogP contribution in [0.25, 0.3) is 11.4 Å². The van der Waals surface area contributed by atoms with Gasteiger partial charge in [-0.2, -0.15) is 5.10 Å². The van der Waals surface area contributed by atoms with E-state index in [1.165, 1.54) is 0 Å². The molecule has 1 amide bonds. The SMILES string of the molecule is CN1CC[C@@H](C2(C)CC(c3cccc(-c4ccnc(Nc5ccn(CCN)n5)n4)n3)=NO2)C1=O. The fourth-order valence-corrected chi connectivity index (χ4v) is 4.37. The molecule has 176 valence electrons. The number of likely N-dealkylation sites (tertiary alicyclic amines) is 1. The zero-order valence-electron chi connectivity index (χ0n) is 19.2. The van der Waals surface area contributed by atoms with Gasteiger partial charge < -0.3 is 20.8 Å². The third kappa shape index (κ3) is 4.21. The average Bonchev–Trinajstić information content (AvgIpc) is 3.55. The van der Waals surface area contributed by atoms with E-state index in [9.17, 15) is 4.79 Å². The van der Waals surface area contributed by atoms with Gasteiger partial charge in [0, 0.05) is 45.0 Å². The van der Waals surface area contributed by atoms with Crippen molar-refractivity contribution in [1.82, 2.24) is 29.6 Å². The minimum Gasteiger partial charge on any atom is -0.388 e. The van der Waals surface area contributed by atoms with Gasteiger partial charge in [-0.15, -0.1) is 0 Å². The number of nitrogens with two attached hydrogens (primary N) is 1. The maximum Gasteiger partial charge on any atom is 0.229 e. The molecule has 5 rings (SSSR count). The zero-order valence-corrected chi connectivity index (χ0v) is 19.2. The lowest BCUT2D eigenvalue weighted by Gasteiger charge is -2.26. The van der Waals surface area contributed by atoms with Crippen molar-refractivity contribution >= 4 is 23.4 Å². The molecule has 0 aliphatic carbocycles. The first-order valence-corrected chi connectivity index (χ1v) is 11.3. The predicted molar refractivity (Wildman–Crippen MR) is 126 cm³/mol. The number of nitrogens with zero attached hydrogens (tertiary/aromatic N) is 7. The Bertz CT molecular complexity index is 1240. The van der Waals surface area contributed by atoms with Gasteiger partial charge in [0.05, 0.1) is 29.5 Å². The Labute approximate surface area is 197 Å². The van der Waals surface area contributed by atoms with Gasteiger partial charge in [0.15, 0.2) is 11.4 Å². The molecule has 0 spiro atoms. The lowest BCUT2D eigenvalue weighted by atomic mass is 9.83. The fourth-order valence-electron chi connectivity index (χ4n) is 4.37. The third-order valence-corrected chi connectivity index (χ3v) is 6.25. The maximum atomic E-state index is 12.5. The summed E-state index contributed by atoms with van der Waals surface area (Å²) >= 11 is 0. The highest BCUT2D eigenvalue weighted by Gasteiger charge is 2.49. The second kappa shape index (κ2) is 8.82. The van der Waals surface area contributed by atoms with Crippen LogP contribution >= 0.6 is 0 Å². The monoisotopic (exact) mass is 461 g/mol. The van der Waals surface area contributed by atoms with Crippen LogP contribution in [0.3, 0.4) is 0 Å². The molecule has 3 N–H and O–H groups in total. The first-order chi connectivity index (χ1) is 16.4. The van der Waals surface area contributed by atoms with E-state index in [1.54, 1.807) is 21.8 Å². The number of carbonyl (C=O) groups is 1. The molecule has 1 fully saturated rings. The second-order valence-electron chi connectivity index (χ2n) is 8.77. The van der Waals surface area contributed by atoms with E-state index >= 15 is 0 Å². The quantitative estimate of drug-likeness (QED) is 0.543. The number of aromatic nitrogens is 5. The van der Waals surface area contributed by atoms with E-state index in [0.29, 0.717) is 48.4 Å². The Balaban J connectivity index is 1.33. The molecule has 11 nitrogen and oxygen atoms in total. The van der Waals surface area contributed by atoms with Crippen LogP contribution in [0.4, 0.5) is 11.8 Å². The average molecular weight is 462 g/mol. The first-order valence-electron chi connectivity index (χ1n) is 11.3. The van der Waals surface area contributed by atoms with Gasteiger partial charge in [0.1, 0.15) is 5.71 Å². The molecular formula is C23H27N9O2. The predicted octanol–water partition coefficient (Wildman–Crippen LogP) is 1.80. The van der Waals surface area contributed by atoms with E-state index in [2.05, 4.69) is 25.5 Å². The summed E-state index contributed by atoms with van der Waals surface area (Å²) in [6.07, 6.45) is 4.81. The van der Waals surface area contributed by atoms with Crippen LogP contribution in [0.15, 0.2) is 47.9 Å². The minimum atomic E-state index is -0.659. The van der Waals surface area contributed by atoms with E-state index in [0.717, 1.165) is 18.7 Å². The number of oxime groups is 1. The Morgan fingerprint density at radius 2 is 2.03 bits per heavy atom. The Kier molecular flexibility index (Phi) is 5.70. The molecular weight excluding hydrogens is 434 g/mol. The largest absolute Gasteiger partial charge is 0.388 e. The highest BCUT2D eigenvalue weighted by Crippen LogP contribution is 2.38. The van der Waals surface area contributed by atoms with Crippen molar-refractivity contribution in [1.29, 1.82) is 0 Å². The summed E-state index contributed by atoms with van der Waals surface area (Å²) in [5.74, 6) is 0.956. The standard InChI is InChI=1S/C23H27N9O2/c1-23(15-7-11-31(2)21(15)33)14-19(30-34-23)17-5-3-4-16(26-17)18-6-10-25-22(27-18)28-20-8-12-32(29-20)13-9-24/h3-6,8,10,12,15H,7,9,11,13-14,24H2,1-2H3,(H,25,27,28,29)/t15-,23?/m1/s1. The maximum absolute atomic E-state index is 12.5. The lowest BCUT2D eigenvalue weighted by molar-refractivity contribution is -0.139. The zero-order chi connectivity index (χ0) is 23.7. The van der Waals surface area contributed by atoms with Gasteiger partial charge in [-0.3, -0.25) is 9.48 Å². The third-order valence-electron chi connectivity index (χ3n) is 6.25. The van der Waals surface area contributed by atoms with E-state index < -0.39 is 5.60 Å². The Hall–Kier alpha value is -3.86. The molecule has 1 saturated heterocycles. The number of rotatable bonds is 7. The number of hydrogen-bond acceptors (Lipinski definition) is 9. The van der Waals surface area contributed by atoms with Crippen molar-refractivity contribution < 1.29 is 9.63 Å². The Morgan fingerprint density at radius 1 is 1.21 bits per heavy atom. The summed E-state index contributed by atoms with van der Waals surface area (Å²) in [5.41, 5.74) is 7.69. The number of pyridine rings is 1. The topological polar surface area (TPSA) is 136 Å². The van der Waals surface area contributed by atoms with Crippen molar-refractivity contribution in [3.05, 3.63) is 48.4 Å². The van der Waals surface area contributed by atoms with Gasteiger partial charge >= 0.3 is 0 Å². The van der Waals surface area contributed by atoms with Crippen molar-refractivity contribution in [2.45, 2.75) is 31.9 Å². The minimum absolute atomic E-state index is 0.106. The summed E-state index contributed by atoms with van der Waals surface area (Å²) in [7, 11) is 1.82.